The average molecular weight is 318 g/mol. The van der Waals surface area contributed by atoms with Gasteiger partial charge >= 0.3 is 0 Å². The van der Waals surface area contributed by atoms with E-state index in [2.05, 4.69) is 6.07 Å². The fourth-order valence-corrected chi connectivity index (χ4v) is 3.71. The van der Waals surface area contributed by atoms with Gasteiger partial charge in [0.25, 0.3) is 5.91 Å². The summed E-state index contributed by atoms with van der Waals surface area (Å²) in [5, 5.41) is 10.3. The van der Waals surface area contributed by atoms with Crippen LogP contribution in [0.3, 0.4) is 0 Å². The normalized spacial score (nSPS) is 13.6. The number of hydrogen-bond donors (Lipinski definition) is 1. The highest BCUT2D eigenvalue weighted by atomic mass is 35.5. The lowest BCUT2D eigenvalue weighted by Gasteiger charge is -2.27. The van der Waals surface area contributed by atoms with Crippen LogP contribution in [0.2, 0.25) is 5.02 Å². The van der Waals surface area contributed by atoms with Gasteiger partial charge in [-0.05, 0) is 36.2 Å². The van der Waals surface area contributed by atoms with Crippen molar-refractivity contribution in [2.75, 3.05) is 12.3 Å². The van der Waals surface area contributed by atoms with Crippen LogP contribution >= 0.6 is 22.9 Å². The van der Waals surface area contributed by atoms with Crippen LogP contribution in [0, 0.1) is 11.3 Å². The van der Waals surface area contributed by atoms with Gasteiger partial charge in [-0.1, -0.05) is 11.6 Å². The highest BCUT2D eigenvalue weighted by Gasteiger charge is 2.26. The van der Waals surface area contributed by atoms with Crippen LogP contribution in [0.5, 0.6) is 0 Å². The van der Waals surface area contributed by atoms with E-state index in [4.69, 9.17) is 22.6 Å². The maximum atomic E-state index is 12.5. The third-order valence-corrected chi connectivity index (χ3v) is 4.87. The number of carbonyl (C=O) groups excluding carboxylic acids is 1. The SMILES string of the molecule is N#Cc1c(N)sc2c1CCN(C(=O)c1ccc(Cl)cc1)C2. The summed E-state index contributed by atoms with van der Waals surface area (Å²) in [4.78, 5) is 15.3. The molecule has 0 bridgehead atoms. The number of carbonyl (C=O) groups is 1. The van der Waals surface area contributed by atoms with E-state index in [1.807, 2.05) is 0 Å². The van der Waals surface area contributed by atoms with Crippen molar-refractivity contribution in [2.45, 2.75) is 13.0 Å². The number of hydrogen-bond acceptors (Lipinski definition) is 4. The zero-order valence-corrected chi connectivity index (χ0v) is 12.7. The molecule has 1 aliphatic rings. The zero-order valence-electron chi connectivity index (χ0n) is 11.1. The molecule has 0 unspecified atom stereocenters. The minimum atomic E-state index is -0.0252. The van der Waals surface area contributed by atoms with E-state index in [9.17, 15) is 4.79 Å². The molecule has 0 saturated carbocycles. The second kappa shape index (κ2) is 5.40. The molecule has 1 amide bonds. The Morgan fingerprint density at radius 2 is 2.10 bits per heavy atom. The van der Waals surface area contributed by atoms with E-state index >= 15 is 0 Å². The van der Waals surface area contributed by atoms with Crippen molar-refractivity contribution in [3.8, 4) is 6.07 Å². The molecule has 1 aromatic carbocycles. The van der Waals surface area contributed by atoms with Crippen molar-refractivity contribution in [2.24, 2.45) is 0 Å². The molecule has 1 aromatic heterocycles. The third kappa shape index (κ3) is 2.48. The van der Waals surface area contributed by atoms with Gasteiger partial charge in [0.2, 0.25) is 0 Å². The number of fused-ring (bicyclic) bond motifs is 1. The van der Waals surface area contributed by atoms with Gasteiger partial charge in [0.1, 0.15) is 11.1 Å². The van der Waals surface area contributed by atoms with Crippen molar-refractivity contribution in [3.63, 3.8) is 0 Å². The first kappa shape index (κ1) is 13.9. The molecule has 106 valence electrons. The minimum absolute atomic E-state index is 0.0252. The van der Waals surface area contributed by atoms with Gasteiger partial charge < -0.3 is 10.6 Å². The van der Waals surface area contributed by atoms with Gasteiger partial charge in [-0.15, -0.1) is 11.3 Å². The first-order chi connectivity index (χ1) is 10.1. The number of nitrogens with two attached hydrogens (primary N) is 1. The maximum absolute atomic E-state index is 12.5. The summed E-state index contributed by atoms with van der Waals surface area (Å²) in [5.41, 5.74) is 8.05. The lowest BCUT2D eigenvalue weighted by molar-refractivity contribution is 0.0737. The highest BCUT2D eigenvalue weighted by molar-refractivity contribution is 7.16. The molecule has 0 atom stereocenters. The van der Waals surface area contributed by atoms with Crippen LogP contribution in [0.25, 0.3) is 0 Å². The number of nitrogens with zero attached hydrogens (tertiary/aromatic N) is 2. The number of halogens is 1. The molecule has 0 saturated heterocycles. The van der Waals surface area contributed by atoms with Crippen molar-refractivity contribution in [1.29, 1.82) is 5.26 Å². The Balaban J connectivity index is 1.85. The standard InChI is InChI=1S/C15H12ClN3OS/c16-10-3-1-9(2-4-10)15(20)19-6-5-11-12(7-17)14(18)21-13(11)8-19/h1-4H,5-6,8,18H2. The Morgan fingerprint density at radius 3 is 2.76 bits per heavy atom. The van der Waals surface area contributed by atoms with E-state index in [0.29, 0.717) is 40.7 Å². The predicted octanol–water partition coefficient (Wildman–Crippen LogP) is 3.05. The number of benzene rings is 1. The maximum Gasteiger partial charge on any atom is 0.254 e. The summed E-state index contributed by atoms with van der Waals surface area (Å²) in [5.74, 6) is -0.0252. The zero-order chi connectivity index (χ0) is 15.0. The molecule has 0 spiro atoms. The van der Waals surface area contributed by atoms with Crippen LogP contribution < -0.4 is 5.73 Å². The summed E-state index contributed by atoms with van der Waals surface area (Å²) in [6.07, 6.45) is 0.672. The summed E-state index contributed by atoms with van der Waals surface area (Å²) in [6, 6.07) is 9.02. The summed E-state index contributed by atoms with van der Waals surface area (Å²) < 4.78 is 0. The fourth-order valence-electron chi connectivity index (χ4n) is 2.50. The van der Waals surface area contributed by atoms with Crippen LogP contribution in [0.1, 0.15) is 26.4 Å². The number of nitriles is 1. The Kier molecular flexibility index (Phi) is 3.58. The van der Waals surface area contributed by atoms with Crippen LogP contribution in [-0.2, 0) is 13.0 Å². The minimum Gasteiger partial charge on any atom is -0.389 e. The molecule has 2 heterocycles. The number of rotatable bonds is 1. The van der Waals surface area contributed by atoms with Gasteiger partial charge in [0.15, 0.2) is 0 Å². The quantitative estimate of drug-likeness (QED) is 0.878. The molecular weight excluding hydrogens is 306 g/mol. The Morgan fingerprint density at radius 1 is 1.38 bits per heavy atom. The van der Waals surface area contributed by atoms with E-state index in [0.717, 1.165) is 10.4 Å². The second-order valence-corrected chi connectivity index (χ2v) is 6.41. The monoisotopic (exact) mass is 317 g/mol. The summed E-state index contributed by atoms with van der Waals surface area (Å²) >= 11 is 7.24. The van der Waals surface area contributed by atoms with Gasteiger partial charge in [-0.25, -0.2) is 0 Å². The van der Waals surface area contributed by atoms with Crippen molar-refractivity contribution < 1.29 is 4.79 Å². The molecule has 21 heavy (non-hydrogen) atoms. The van der Waals surface area contributed by atoms with E-state index < -0.39 is 0 Å². The number of anilines is 1. The fraction of sp³-hybridized carbons (Fsp3) is 0.200. The van der Waals surface area contributed by atoms with Gasteiger partial charge in [0.05, 0.1) is 12.1 Å². The topological polar surface area (TPSA) is 70.1 Å². The number of thiophene rings is 1. The lowest BCUT2D eigenvalue weighted by atomic mass is 10.0. The third-order valence-electron chi connectivity index (χ3n) is 3.57. The van der Waals surface area contributed by atoms with E-state index in [1.165, 1.54) is 11.3 Å². The molecule has 1 aliphatic heterocycles. The van der Waals surface area contributed by atoms with Crippen LogP contribution in [0.4, 0.5) is 5.00 Å². The van der Waals surface area contributed by atoms with Gasteiger partial charge in [-0.2, -0.15) is 5.26 Å². The molecule has 2 N–H and O–H groups in total. The Hall–Kier alpha value is -2.03. The summed E-state index contributed by atoms with van der Waals surface area (Å²) in [7, 11) is 0. The Bertz CT molecular complexity index is 746. The van der Waals surface area contributed by atoms with E-state index in [-0.39, 0.29) is 5.91 Å². The van der Waals surface area contributed by atoms with Gasteiger partial charge in [0, 0.05) is 22.0 Å². The molecule has 0 radical (unpaired) electrons. The second-order valence-electron chi connectivity index (χ2n) is 4.84. The van der Waals surface area contributed by atoms with Gasteiger partial charge in [-0.3, -0.25) is 4.79 Å². The lowest BCUT2D eigenvalue weighted by Crippen LogP contribution is -2.35. The highest BCUT2D eigenvalue weighted by Crippen LogP contribution is 2.34. The van der Waals surface area contributed by atoms with Crippen LogP contribution in [0.15, 0.2) is 24.3 Å². The van der Waals surface area contributed by atoms with Crippen LogP contribution in [-0.4, -0.2) is 17.4 Å². The van der Waals surface area contributed by atoms with Crippen molar-refractivity contribution >= 4 is 33.8 Å². The largest absolute Gasteiger partial charge is 0.389 e. The number of nitrogen functional groups attached to an aromatic ring is 1. The predicted molar refractivity (Wildman–Crippen MR) is 83.3 cm³/mol. The van der Waals surface area contributed by atoms with E-state index in [1.54, 1.807) is 29.2 Å². The Labute approximate surface area is 131 Å². The first-order valence-corrected chi connectivity index (χ1v) is 7.64. The molecule has 2 aromatic rings. The molecule has 0 aliphatic carbocycles. The molecule has 4 nitrogen and oxygen atoms in total. The first-order valence-electron chi connectivity index (χ1n) is 6.45. The van der Waals surface area contributed by atoms with Crippen molar-refractivity contribution in [1.82, 2.24) is 4.90 Å². The average Bonchev–Trinajstić information content (AvgIpc) is 2.81. The molecule has 3 rings (SSSR count). The smallest absolute Gasteiger partial charge is 0.254 e. The molecule has 6 heteroatoms. The molecular formula is C15H12ClN3OS. The summed E-state index contributed by atoms with van der Waals surface area (Å²) in [6.45, 7) is 1.10. The number of amides is 1. The molecule has 0 fully saturated rings. The van der Waals surface area contributed by atoms with Crippen molar-refractivity contribution in [3.05, 3.63) is 50.9 Å².